The van der Waals surface area contributed by atoms with E-state index < -0.39 is 5.67 Å². The van der Waals surface area contributed by atoms with Crippen LogP contribution in [0, 0.1) is 0 Å². The minimum atomic E-state index is -1.09. The topological polar surface area (TPSA) is 0 Å². The molecule has 1 atom stereocenters. The van der Waals surface area contributed by atoms with Crippen molar-refractivity contribution in [1.29, 1.82) is 0 Å². The van der Waals surface area contributed by atoms with Gasteiger partial charge in [0.15, 0.2) is 0 Å². The van der Waals surface area contributed by atoms with Gasteiger partial charge in [0, 0.05) is 10.2 Å². The number of hydrogen-bond acceptors (Lipinski definition) is 1. The molecule has 0 saturated carbocycles. The molecule has 2 rings (SSSR count). The van der Waals surface area contributed by atoms with Crippen LogP contribution in [0.1, 0.15) is 12.0 Å². The predicted molar refractivity (Wildman–Crippen MR) is 58.9 cm³/mol. The van der Waals surface area contributed by atoms with Crippen molar-refractivity contribution in [2.45, 2.75) is 12.1 Å². The van der Waals surface area contributed by atoms with Gasteiger partial charge in [-0.25, -0.2) is 4.39 Å². The van der Waals surface area contributed by atoms with E-state index in [1.54, 1.807) is 11.8 Å². The van der Waals surface area contributed by atoms with E-state index in [1.165, 1.54) is 0 Å². The van der Waals surface area contributed by atoms with E-state index in [9.17, 15) is 4.39 Å². The van der Waals surface area contributed by atoms with Gasteiger partial charge in [0.1, 0.15) is 5.67 Å². The van der Waals surface area contributed by atoms with E-state index >= 15 is 0 Å². The highest BCUT2D eigenvalue weighted by molar-refractivity contribution is 9.10. The van der Waals surface area contributed by atoms with Crippen LogP contribution in [0.25, 0.3) is 0 Å². The molecular weight excluding hydrogens is 251 g/mol. The van der Waals surface area contributed by atoms with Gasteiger partial charge < -0.3 is 0 Å². The van der Waals surface area contributed by atoms with Crippen LogP contribution >= 0.6 is 27.7 Å². The Balaban J connectivity index is 2.33. The van der Waals surface area contributed by atoms with Crippen molar-refractivity contribution in [1.82, 2.24) is 0 Å². The Morgan fingerprint density at radius 1 is 1.46 bits per heavy atom. The third kappa shape index (κ3) is 1.91. The summed E-state index contributed by atoms with van der Waals surface area (Å²) in [4.78, 5) is 0. The Morgan fingerprint density at radius 2 is 2.31 bits per heavy atom. The monoisotopic (exact) mass is 260 g/mol. The van der Waals surface area contributed by atoms with Gasteiger partial charge in [-0.1, -0.05) is 28.1 Å². The van der Waals surface area contributed by atoms with Crippen molar-refractivity contribution in [3.05, 3.63) is 34.3 Å². The lowest BCUT2D eigenvalue weighted by molar-refractivity contribution is 0.202. The molecule has 3 heteroatoms. The summed E-state index contributed by atoms with van der Waals surface area (Å²) in [6.45, 7) is 0. The molecule has 1 aliphatic rings. The van der Waals surface area contributed by atoms with Crippen LogP contribution in [0.3, 0.4) is 0 Å². The van der Waals surface area contributed by atoms with Gasteiger partial charge in [0.05, 0.1) is 0 Å². The molecule has 0 aliphatic carbocycles. The zero-order chi connectivity index (χ0) is 9.31. The van der Waals surface area contributed by atoms with Gasteiger partial charge >= 0.3 is 0 Å². The Bertz CT molecular complexity index is 308. The number of benzene rings is 1. The first-order valence-corrected chi connectivity index (χ1v) is 6.18. The van der Waals surface area contributed by atoms with Crippen LogP contribution in [0.5, 0.6) is 0 Å². The quantitative estimate of drug-likeness (QED) is 0.741. The summed E-state index contributed by atoms with van der Waals surface area (Å²) in [5.41, 5.74) is -0.277. The SMILES string of the molecule is FC1(c2cccc(Br)c2)CCSC1. The van der Waals surface area contributed by atoms with Gasteiger partial charge in [0.2, 0.25) is 0 Å². The van der Waals surface area contributed by atoms with Crippen molar-refractivity contribution in [2.75, 3.05) is 11.5 Å². The number of thioether (sulfide) groups is 1. The Morgan fingerprint density at radius 3 is 2.92 bits per heavy atom. The summed E-state index contributed by atoms with van der Waals surface area (Å²) < 4.78 is 15.1. The maximum atomic E-state index is 14.2. The summed E-state index contributed by atoms with van der Waals surface area (Å²) >= 11 is 5.05. The smallest absolute Gasteiger partial charge is 0.145 e. The molecule has 70 valence electrons. The van der Waals surface area contributed by atoms with E-state index in [0.717, 1.165) is 15.8 Å². The molecule has 13 heavy (non-hydrogen) atoms. The summed E-state index contributed by atoms with van der Waals surface area (Å²) in [6.07, 6.45) is 0.647. The van der Waals surface area contributed by atoms with E-state index in [0.29, 0.717) is 12.2 Å². The van der Waals surface area contributed by atoms with Crippen LogP contribution in [-0.4, -0.2) is 11.5 Å². The molecule has 0 radical (unpaired) electrons. The summed E-state index contributed by atoms with van der Waals surface area (Å²) in [5.74, 6) is 1.53. The maximum absolute atomic E-state index is 14.2. The second-order valence-electron chi connectivity index (χ2n) is 3.28. The van der Waals surface area contributed by atoms with Gasteiger partial charge in [-0.05, 0) is 29.9 Å². The number of hydrogen-bond donors (Lipinski definition) is 0. The van der Waals surface area contributed by atoms with Gasteiger partial charge in [-0.15, -0.1) is 0 Å². The Hall–Kier alpha value is -0.0200. The molecule has 1 fully saturated rings. The second kappa shape index (κ2) is 3.62. The van der Waals surface area contributed by atoms with E-state index in [2.05, 4.69) is 15.9 Å². The number of halogens is 2. The highest BCUT2D eigenvalue weighted by atomic mass is 79.9. The van der Waals surface area contributed by atoms with Gasteiger partial charge in [-0.3, -0.25) is 0 Å². The molecule has 1 heterocycles. The summed E-state index contributed by atoms with van der Waals surface area (Å²) in [5, 5.41) is 0. The molecule has 1 aliphatic heterocycles. The minimum Gasteiger partial charge on any atom is -0.238 e. The lowest BCUT2D eigenvalue weighted by Gasteiger charge is -2.18. The van der Waals surface area contributed by atoms with Gasteiger partial charge in [0.25, 0.3) is 0 Å². The molecular formula is C10H10BrFS. The largest absolute Gasteiger partial charge is 0.238 e. The fourth-order valence-corrected chi connectivity index (χ4v) is 3.18. The third-order valence-electron chi connectivity index (χ3n) is 2.32. The van der Waals surface area contributed by atoms with E-state index in [-0.39, 0.29) is 0 Å². The maximum Gasteiger partial charge on any atom is 0.145 e. The van der Waals surface area contributed by atoms with E-state index in [4.69, 9.17) is 0 Å². The number of rotatable bonds is 1. The first-order valence-electron chi connectivity index (χ1n) is 4.23. The number of alkyl halides is 1. The van der Waals surface area contributed by atoms with Crippen LogP contribution in [0.15, 0.2) is 28.7 Å². The molecule has 0 nitrogen and oxygen atoms in total. The normalized spacial score (nSPS) is 27.8. The molecule has 0 spiro atoms. The minimum absolute atomic E-state index is 0.601. The third-order valence-corrected chi connectivity index (χ3v) is 3.96. The van der Waals surface area contributed by atoms with Crippen LogP contribution < -0.4 is 0 Å². The fourth-order valence-electron chi connectivity index (χ4n) is 1.53. The second-order valence-corrected chi connectivity index (χ2v) is 5.30. The van der Waals surface area contributed by atoms with E-state index in [1.807, 2.05) is 24.3 Å². The van der Waals surface area contributed by atoms with Crippen molar-refractivity contribution in [3.63, 3.8) is 0 Å². The Kier molecular flexibility index (Phi) is 2.65. The predicted octanol–water partition coefficient (Wildman–Crippen LogP) is 3.75. The first-order chi connectivity index (χ1) is 6.21. The molecule has 1 saturated heterocycles. The molecule has 1 aromatic rings. The molecule has 0 N–H and O–H groups in total. The lowest BCUT2D eigenvalue weighted by Crippen LogP contribution is -2.18. The van der Waals surface area contributed by atoms with Crippen molar-refractivity contribution < 1.29 is 4.39 Å². The molecule has 0 aromatic heterocycles. The Labute approximate surface area is 90.0 Å². The molecule has 1 aromatic carbocycles. The summed E-state index contributed by atoms with van der Waals surface area (Å²) in [6, 6.07) is 7.57. The molecule has 0 bridgehead atoms. The van der Waals surface area contributed by atoms with Crippen LogP contribution in [-0.2, 0) is 5.67 Å². The highest BCUT2D eigenvalue weighted by Crippen LogP contribution is 2.40. The van der Waals surface area contributed by atoms with Gasteiger partial charge in [-0.2, -0.15) is 11.8 Å². The van der Waals surface area contributed by atoms with Crippen LogP contribution in [0.4, 0.5) is 4.39 Å². The average molecular weight is 261 g/mol. The van der Waals surface area contributed by atoms with Crippen molar-refractivity contribution in [2.24, 2.45) is 0 Å². The highest BCUT2D eigenvalue weighted by Gasteiger charge is 2.35. The zero-order valence-corrected chi connectivity index (χ0v) is 9.50. The first kappa shape index (κ1) is 9.53. The summed E-state index contributed by atoms with van der Waals surface area (Å²) in [7, 11) is 0. The average Bonchev–Trinajstić information content (AvgIpc) is 2.54. The van der Waals surface area contributed by atoms with Crippen LogP contribution in [0.2, 0.25) is 0 Å². The molecule has 0 amide bonds. The fraction of sp³-hybridized carbons (Fsp3) is 0.400. The standard InChI is InChI=1S/C10H10BrFS/c11-9-3-1-2-8(6-9)10(12)4-5-13-7-10/h1-3,6H,4-5,7H2. The zero-order valence-electron chi connectivity index (χ0n) is 7.09. The van der Waals surface area contributed by atoms with Crippen molar-refractivity contribution >= 4 is 27.7 Å². The molecule has 1 unspecified atom stereocenters. The van der Waals surface area contributed by atoms with Crippen molar-refractivity contribution in [3.8, 4) is 0 Å². The lowest BCUT2D eigenvalue weighted by atomic mass is 9.95.